The van der Waals surface area contributed by atoms with Crippen molar-refractivity contribution >= 4 is 5.91 Å². The van der Waals surface area contributed by atoms with Crippen LogP contribution >= 0.6 is 0 Å². The van der Waals surface area contributed by atoms with E-state index in [4.69, 9.17) is 0 Å². The first-order chi connectivity index (χ1) is 8.68. The topological polar surface area (TPSA) is 46.9 Å². The van der Waals surface area contributed by atoms with Crippen LogP contribution in [-0.2, 0) is 4.79 Å². The van der Waals surface area contributed by atoms with E-state index >= 15 is 0 Å². The summed E-state index contributed by atoms with van der Waals surface area (Å²) in [5, 5.41) is 3.00. The summed E-state index contributed by atoms with van der Waals surface area (Å²) in [4.78, 5) is 16.0. The Balaban J connectivity index is 1.99. The Kier molecular flexibility index (Phi) is 3.77. The van der Waals surface area contributed by atoms with Gasteiger partial charge in [0.25, 0.3) is 0 Å². The molecule has 0 fully saturated rings. The highest BCUT2D eigenvalue weighted by molar-refractivity contribution is 5.80. The van der Waals surface area contributed by atoms with Gasteiger partial charge >= 0.3 is 0 Å². The lowest BCUT2D eigenvalue weighted by Gasteiger charge is -2.18. The van der Waals surface area contributed by atoms with E-state index in [0.717, 1.165) is 5.56 Å². The summed E-state index contributed by atoms with van der Waals surface area (Å²) in [5.74, 6) is -0.00986. The van der Waals surface area contributed by atoms with Crippen molar-refractivity contribution in [3.05, 3.63) is 54.6 Å². The van der Waals surface area contributed by atoms with Gasteiger partial charge in [0, 0.05) is 12.4 Å². The first-order valence-corrected chi connectivity index (χ1v) is 6.01. The van der Waals surface area contributed by atoms with Gasteiger partial charge < -0.3 is 9.88 Å². The minimum Gasteiger partial charge on any atom is -0.348 e. The van der Waals surface area contributed by atoms with E-state index < -0.39 is 0 Å². The van der Waals surface area contributed by atoms with Crippen molar-refractivity contribution < 1.29 is 4.79 Å². The van der Waals surface area contributed by atoms with Crippen LogP contribution in [0.2, 0.25) is 0 Å². The molecule has 18 heavy (non-hydrogen) atoms. The molecule has 0 aliphatic rings. The number of nitrogens with zero attached hydrogens (tertiary/aromatic N) is 2. The quantitative estimate of drug-likeness (QED) is 0.895. The lowest BCUT2D eigenvalue weighted by atomic mass is 10.1. The van der Waals surface area contributed by atoms with Crippen molar-refractivity contribution in [2.24, 2.45) is 0 Å². The van der Waals surface area contributed by atoms with Gasteiger partial charge in [-0.3, -0.25) is 4.79 Å². The summed E-state index contributed by atoms with van der Waals surface area (Å²) < 4.78 is 1.78. The molecular weight excluding hydrogens is 226 g/mol. The van der Waals surface area contributed by atoms with Gasteiger partial charge in [-0.25, -0.2) is 4.98 Å². The van der Waals surface area contributed by atoms with Gasteiger partial charge in [0.1, 0.15) is 6.04 Å². The number of rotatable bonds is 4. The SMILES string of the molecule is CC(NC(=O)C(C)n1ccnc1)c1ccccc1. The molecule has 94 valence electrons. The van der Waals surface area contributed by atoms with E-state index in [2.05, 4.69) is 10.3 Å². The highest BCUT2D eigenvalue weighted by atomic mass is 16.2. The van der Waals surface area contributed by atoms with Gasteiger partial charge in [0.15, 0.2) is 0 Å². The molecule has 1 amide bonds. The minimum absolute atomic E-state index is 0.00433. The van der Waals surface area contributed by atoms with Crippen LogP contribution in [0.4, 0.5) is 0 Å². The van der Waals surface area contributed by atoms with Crippen LogP contribution < -0.4 is 5.32 Å². The number of hydrogen-bond donors (Lipinski definition) is 1. The Morgan fingerprint density at radius 2 is 2.00 bits per heavy atom. The summed E-state index contributed by atoms with van der Waals surface area (Å²) in [6.45, 7) is 3.84. The average molecular weight is 243 g/mol. The van der Waals surface area contributed by atoms with Gasteiger partial charge in [-0.2, -0.15) is 0 Å². The maximum Gasteiger partial charge on any atom is 0.243 e. The van der Waals surface area contributed by atoms with Gasteiger partial charge in [-0.05, 0) is 19.4 Å². The third-order valence-corrected chi connectivity index (χ3v) is 3.01. The lowest BCUT2D eigenvalue weighted by molar-refractivity contribution is -0.124. The standard InChI is InChI=1S/C14H17N3O/c1-11(13-6-4-3-5-7-13)16-14(18)12(2)17-9-8-15-10-17/h3-12H,1-2H3,(H,16,18). The molecule has 0 saturated heterocycles. The molecule has 1 aromatic heterocycles. The van der Waals surface area contributed by atoms with Gasteiger partial charge in [0.2, 0.25) is 5.91 Å². The van der Waals surface area contributed by atoms with Gasteiger partial charge in [0.05, 0.1) is 12.4 Å². The predicted molar refractivity (Wildman–Crippen MR) is 69.9 cm³/mol. The van der Waals surface area contributed by atoms with Crippen molar-refractivity contribution in [2.45, 2.75) is 25.9 Å². The lowest BCUT2D eigenvalue weighted by Crippen LogP contribution is -2.32. The molecule has 2 unspecified atom stereocenters. The zero-order valence-electron chi connectivity index (χ0n) is 10.6. The van der Waals surface area contributed by atoms with E-state index in [1.807, 2.05) is 44.2 Å². The molecule has 0 saturated carbocycles. The molecule has 0 radical (unpaired) electrons. The second-order valence-electron chi connectivity index (χ2n) is 4.33. The Bertz CT molecular complexity index is 493. The van der Waals surface area contributed by atoms with Crippen molar-refractivity contribution in [1.82, 2.24) is 14.9 Å². The molecule has 0 bridgehead atoms. The summed E-state index contributed by atoms with van der Waals surface area (Å²) >= 11 is 0. The van der Waals surface area contributed by atoms with Gasteiger partial charge in [-0.1, -0.05) is 30.3 Å². The Morgan fingerprint density at radius 3 is 2.61 bits per heavy atom. The summed E-state index contributed by atoms with van der Waals surface area (Å²) in [5.41, 5.74) is 1.10. The molecule has 0 spiro atoms. The van der Waals surface area contributed by atoms with Crippen LogP contribution in [0.5, 0.6) is 0 Å². The van der Waals surface area contributed by atoms with Crippen LogP contribution in [0.15, 0.2) is 49.1 Å². The number of carbonyl (C=O) groups excluding carboxylic acids is 1. The van der Waals surface area contributed by atoms with Crippen molar-refractivity contribution in [3.63, 3.8) is 0 Å². The fourth-order valence-corrected chi connectivity index (χ4v) is 1.79. The maximum atomic E-state index is 12.1. The summed E-state index contributed by atoms with van der Waals surface area (Å²) in [6.07, 6.45) is 5.11. The molecule has 1 N–H and O–H groups in total. The van der Waals surface area contributed by atoms with Gasteiger partial charge in [-0.15, -0.1) is 0 Å². The number of benzene rings is 1. The number of nitrogens with one attached hydrogen (secondary N) is 1. The van der Waals surface area contributed by atoms with Crippen LogP contribution in [0.1, 0.15) is 31.5 Å². The largest absolute Gasteiger partial charge is 0.348 e. The molecule has 0 aliphatic carbocycles. The second kappa shape index (κ2) is 5.49. The van der Waals surface area contributed by atoms with Crippen LogP contribution in [0.25, 0.3) is 0 Å². The zero-order valence-corrected chi connectivity index (χ0v) is 10.6. The normalized spacial score (nSPS) is 13.9. The van der Waals surface area contributed by atoms with E-state index in [1.165, 1.54) is 0 Å². The molecule has 0 aliphatic heterocycles. The van der Waals surface area contributed by atoms with Crippen molar-refractivity contribution in [2.75, 3.05) is 0 Å². The van der Waals surface area contributed by atoms with E-state index in [1.54, 1.807) is 23.3 Å². The van der Waals surface area contributed by atoms with Crippen molar-refractivity contribution in [1.29, 1.82) is 0 Å². The number of carbonyl (C=O) groups is 1. The molecule has 2 atom stereocenters. The van der Waals surface area contributed by atoms with Crippen LogP contribution in [0, 0.1) is 0 Å². The molecule has 1 heterocycles. The first-order valence-electron chi connectivity index (χ1n) is 6.01. The summed E-state index contributed by atoms with van der Waals surface area (Å²) in [7, 11) is 0. The molecule has 2 aromatic rings. The first kappa shape index (κ1) is 12.4. The molecule has 4 nitrogen and oxygen atoms in total. The number of aromatic nitrogens is 2. The third kappa shape index (κ3) is 2.77. The third-order valence-electron chi connectivity index (χ3n) is 3.01. The average Bonchev–Trinajstić information content (AvgIpc) is 2.92. The van der Waals surface area contributed by atoms with E-state index in [9.17, 15) is 4.79 Å². The Hall–Kier alpha value is -2.10. The second-order valence-corrected chi connectivity index (χ2v) is 4.33. The monoisotopic (exact) mass is 243 g/mol. The molecule has 2 rings (SSSR count). The predicted octanol–water partition coefficient (Wildman–Crippen LogP) is 2.32. The molecule has 1 aromatic carbocycles. The number of imidazole rings is 1. The molecular formula is C14H17N3O. The highest BCUT2D eigenvalue weighted by Gasteiger charge is 2.16. The molecule has 4 heteroatoms. The maximum absolute atomic E-state index is 12.1. The summed E-state index contributed by atoms with van der Waals surface area (Å²) in [6, 6.07) is 9.67. The fraction of sp³-hybridized carbons (Fsp3) is 0.286. The van der Waals surface area contributed by atoms with E-state index in [0.29, 0.717) is 0 Å². The fourth-order valence-electron chi connectivity index (χ4n) is 1.79. The highest BCUT2D eigenvalue weighted by Crippen LogP contribution is 2.13. The van der Waals surface area contributed by atoms with Crippen LogP contribution in [-0.4, -0.2) is 15.5 Å². The Labute approximate surface area is 107 Å². The van der Waals surface area contributed by atoms with Crippen molar-refractivity contribution in [3.8, 4) is 0 Å². The van der Waals surface area contributed by atoms with Crippen LogP contribution in [0.3, 0.4) is 0 Å². The minimum atomic E-state index is -0.251. The van der Waals surface area contributed by atoms with E-state index in [-0.39, 0.29) is 18.0 Å². The smallest absolute Gasteiger partial charge is 0.243 e. The zero-order chi connectivity index (χ0) is 13.0. The Morgan fingerprint density at radius 1 is 1.28 bits per heavy atom. The number of amides is 1. The number of hydrogen-bond acceptors (Lipinski definition) is 2.